The van der Waals surface area contributed by atoms with E-state index < -0.39 is 5.97 Å². The van der Waals surface area contributed by atoms with Crippen molar-refractivity contribution in [2.24, 2.45) is 5.92 Å². The lowest BCUT2D eigenvalue weighted by Gasteiger charge is -2.24. The fraction of sp³-hybridized carbons (Fsp3) is 0.846. The Bertz CT molecular complexity index is 364. The number of hydrogen-bond donors (Lipinski definition) is 1. The second-order valence-electron chi connectivity index (χ2n) is 5.62. The maximum atomic E-state index is 12.3. The van der Waals surface area contributed by atoms with E-state index in [4.69, 9.17) is 9.84 Å². The summed E-state index contributed by atoms with van der Waals surface area (Å²) in [6.45, 7) is 0.753. The van der Waals surface area contributed by atoms with Crippen molar-refractivity contribution in [3.05, 3.63) is 0 Å². The molecule has 3 aliphatic heterocycles. The highest BCUT2D eigenvalue weighted by atomic mass is 16.5. The summed E-state index contributed by atoms with van der Waals surface area (Å²) in [6, 6.07) is 0.0893. The standard InChI is InChI=1S/C13H19NO4/c15-12(7-9-2-1-5-18-9)14-8-3-4-11(14)10(6-8)13(16)17/h8-11H,1-7H2,(H,16,17). The van der Waals surface area contributed by atoms with Crippen molar-refractivity contribution >= 4 is 11.9 Å². The minimum absolute atomic E-state index is 0.0563. The Morgan fingerprint density at radius 1 is 1.28 bits per heavy atom. The fourth-order valence-corrected chi connectivity index (χ4v) is 3.75. The maximum Gasteiger partial charge on any atom is 0.308 e. The average Bonchev–Trinajstić information content (AvgIpc) is 3.02. The van der Waals surface area contributed by atoms with Gasteiger partial charge in [-0.05, 0) is 32.1 Å². The number of fused-ring (bicyclic) bond motifs is 2. The van der Waals surface area contributed by atoms with E-state index in [0.29, 0.717) is 12.8 Å². The summed E-state index contributed by atoms with van der Waals surface area (Å²) in [4.78, 5) is 25.3. The Balaban J connectivity index is 1.65. The first-order valence-corrected chi connectivity index (χ1v) is 6.82. The van der Waals surface area contributed by atoms with Gasteiger partial charge in [0.2, 0.25) is 5.91 Å². The van der Waals surface area contributed by atoms with Gasteiger partial charge in [0.25, 0.3) is 0 Å². The SMILES string of the molecule is O=C(O)C1CC2CCC1N2C(=O)CC1CCCO1. The molecular formula is C13H19NO4. The normalized spacial score (nSPS) is 38.3. The molecule has 5 heteroatoms. The van der Waals surface area contributed by atoms with Crippen LogP contribution in [0.1, 0.15) is 38.5 Å². The third kappa shape index (κ3) is 1.90. The number of hydrogen-bond acceptors (Lipinski definition) is 3. The zero-order valence-electron chi connectivity index (χ0n) is 10.4. The van der Waals surface area contributed by atoms with Gasteiger partial charge in [-0.15, -0.1) is 0 Å². The Hall–Kier alpha value is -1.10. The van der Waals surface area contributed by atoms with Crippen LogP contribution in [0.5, 0.6) is 0 Å². The number of carbonyl (C=O) groups is 2. The molecule has 3 aliphatic rings. The molecule has 0 aromatic heterocycles. The van der Waals surface area contributed by atoms with Crippen molar-refractivity contribution in [3.63, 3.8) is 0 Å². The molecule has 0 spiro atoms. The van der Waals surface area contributed by atoms with Gasteiger partial charge in [-0.1, -0.05) is 0 Å². The lowest BCUT2D eigenvalue weighted by molar-refractivity contribution is -0.143. The van der Waals surface area contributed by atoms with E-state index in [1.165, 1.54) is 0 Å². The minimum Gasteiger partial charge on any atom is -0.481 e. The summed E-state index contributed by atoms with van der Waals surface area (Å²) in [5.41, 5.74) is 0. The summed E-state index contributed by atoms with van der Waals surface area (Å²) in [6.07, 6.45) is 4.92. The van der Waals surface area contributed by atoms with E-state index >= 15 is 0 Å². The van der Waals surface area contributed by atoms with E-state index in [-0.39, 0.29) is 30.0 Å². The van der Waals surface area contributed by atoms with Gasteiger partial charge in [0.05, 0.1) is 18.4 Å². The molecule has 3 heterocycles. The van der Waals surface area contributed by atoms with Crippen molar-refractivity contribution in [2.75, 3.05) is 6.61 Å². The van der Waals surface area contributed by atoms with Gasteiger partial charge < -0.3 is 14.7 Å². The number of amides is 1. The highest BCUT2D eigenvalue weighted by Crippen LogP contribution is 2.42. The van der Waals surface area contributed by atoms with E-state index in [1.54, 1.807) is 0 Å². The quantitative estimate of drug-likeness (QED) is 0.815. The molecular weight excluding hydrogens is 234 g/mol. The summed E-state index contributed by atoms with van der Waals surface area (Å²) in [5.74, 6) is -1.01. The van der Waals surface area contributed by atoms with Crippen LogP contribution in [0.2, 0.25) is 0 Å². The van der Waals surface area contributed by atoms with Gasteiger partial charge in [-0.25, -0.2) is 0 Å². The fourth-order valence-electron chi connectivity index (χ4n) is 3.75. The van der Waals surface area contributed by atoms with Gasteiger partial charge in [0.1, 0.15) is 0 Å². The first kappa shape index (κ1) is 12.0. The van der Waals surface area contributed by atoms with Crippen LogP contribution in [0.3, 0.4) is 0 Å². The molecule has 1 amide bonds. The Kier molecular flexibility index (Phi) is 3.01. The van der Waals surface area contributed by atoms with Crippen LogP contribution in [-0.4, -0.2) is 46.7 Å². The molecule has 2 bridgehead atoms. The molecule has 4 unspecified atom stereocenters. The number of ether oxygens (including phenoxy) is 1. The van der Waals surface area contributed by atoms with Gasteiger partial charge in [-0.3, -0.25) is 9.59 Å². The molecule has 0 aromatic rings. The van der Waals surface area contributed by atoms with Crippen molar-refractivity contribution in [1.29, 1.82) is 0 Å². The number of carboxylic acid groups (broad SMARTS) is 1. The van der Waals surface area contributed by atoms with E-state index in [0.717, 1.165) is 32.3 Å². The van der Waals surface area contributed by atoms with Gasteiger partial charge in [0.15, 0.2) is 0 Å². The maximum absolute atomic E-state index is 12.3. The number of aliphatic carboxylic acids is 1. The zero-order valence-corrected chi connectivity index (χ0v) is 10.4. The van der Waals surface area contributed by atoms with Crippen LogP contribution in [-0.2, 0) is 14.3 Å². The highest BCUT2D eigenvalue weighted by Gasteiger charge is 2.51. The molecule has 0 saturated carbocycles. The highest BCUT2D eigenvalue weighted by molar-refractivity contribution is 5.81. The Morgan fingerprint density at radius 3 is 2.72 bits per heavy atom. The van der Waals surface area contributed by atoms with E-state index in [9.17, 15) is 9.59 Å². The molecule has 3 fully saturated rings. The van der Waals surface area contributed by atoms with Crippen molar-refractivity contribution in [1.82, 2.24) is 4.90 Å². The van der Waals surface area contributed by atoms with Crippen LogP contribution >= 0.6 is 0 Å². The van der Waals surface area contributed by atoms with Gasteiger partial charge >= 0.3 is 5.97 Å². The summed E-state index contributed by atoms with van der Waals surface area (Å²) < 4.78 is 5.48. The summed E-state index contributed by atoms with van der Waals surface area (Å²) >= 11 is 0. The molecule has 1 N–H and O–H groups in total. The molecule has 3 saturated heterocycles. The second kappa shape index (κ2) is 4.53. The zero-order chi connectivity index (χ0) is 12.7. The predicted molar refractivity (Wildman–Crippen MR) is 63.0 cm³/mol. The average molecular weight is 253 g/mol. The molecule has 5 nitrogen and oxygen atoms in total. The monoisotopic (exact) mass is 253 g/mol. The molecule has 100 valence electrons. The van der Waals surface area contributed by atoms with Crippen molar-refractivity contribution in [3.8, 4) is 0 Å². The molecule has 3 rings (SSSR count). The molecule has 18 heavy (non-hydrogen) atoms. The number of nitrogens with zero attached hydrogens (tertiary/aromatic N) is 1. The van der Waals surface area contributed by atoms with Crippen molar-refractivity contribution in [2.45, 2.75) is 56.7 Å². The Labute approximate surface area is 106 Å². The number of rotatable bonds is 3. The van der Waals surface area contributed by atoms with Crippen LogP contribution in [0.15, 0.2) is 0 Å². The van der Waals surface area contributed by atoms with Crippen LogP contribution < -0.4 is 0 Å². The van der Waals surface area contributed by atoms with Crippen LogP contribution in [0.4, 0.5) is 0 Å². The number of carboxylic acids is 1. The number of carbonyl (C=O) groups excluding carboxylic acids is 1. The van der Waals surface area contributed by atoms with Crippen molar-refractivity contribution < 1.29 is 19.4 Å². The molecule has 0 radical (unpaired) electrons. The first-order chi connectivity index (χ1) is 8.66. The smallest absolute Gasteiger partial charge is 0.308 e. The molecule has 4 atom stereocenters. The third-order valence-electron chi connectivity index (χ3n) is 4.57. The third-order valence-corrected chi connectivity index (χ3v) is 4.57. The molecule has 0 aliphatic carbocycles. The molecule has 0 aromatic carbocycles. The summed E-state index contributed by atoms with van der Waals surface area (Å²) in [5, 5.41) is 9.16. The topological polar surface area (TPSA) is 66.8 Å². The van der Waals surface area contributed by atoms with E-state index in [1.807, 2.05) is 4.90 Å². The van der Waals surface area contributed by atoms with E-state index in [2.05, 4.69) is 0 Å². The predicted octanol–water partition coefficient (Wildman–Crippen LogP) is 1.02. The van der Waals surface area contributed by atoms with Gasteiger partial charge in [0, 0.05) is 18.7 Å². The van der Waals surface area contributed by atoms with Crippen LogP contribution in [0.25, 0.3) is 0 Å². The second-order valence-corrected chi connectivity index (χ2v) is 5.62. The largest absolute Gasteiger partial charge is 0.481 e. The minimum atomic E-state index is -0.753. The summed E-state index contributed by atoms with van der Waals surface area (Å²) in [7, 11) is 0. The lowest BCUT2D eigenvalue weighted by atomic mass is 9.89. The van der Waals surface area contributed by atoms with Gasteiger partial charge in [-0.2, -0.15) is 0 Å². The Morgan fingerprint density at radius 2 is 2.11 bits per heavy atom. The lowest BCUT2D eigenvalue weighted by Crippen LogP contribution is -2.39. The van der Waals surface area contributed by atoms with Crippen LogP contribution in [0, 0.1) is 5.92 Å². The first-order valence-electron chi connectivity index (χ1n) is 6.82.